The molecule has 0 unspecified atom stereocenters. The van der Waals surface area contributed by atoms with E-state index in [2.05, 4.69) is 32.7 Å². The van der Waals surface area contributed by atoms with Gasteiger partial charge in [0.05, 0.1) is 5.04 Å². The third-order valence-electron chi connectivity index (χ3n) is 0.787. The molecule has 9 heavy (non-hydrogen) atoms. The molecule has 0 radical (unpaired) electrons. The van der Waals surface area contributed by atoms with Crippen LogP contribution in [0.3, 0.4) is 0 Å². The van der Waals surface area contributed by atoms with Crippen molar-refractivity contribution < 1.29 is 0 Å². The molecule has 0 fully saturated rings. The van der Waals surface area contributed by atoms with Crippen LogP contribution < -0.4 is 0 Å². The van der Waals surface area contributed by atoms with Gasteiger partial charge in [0.1, 0.15) is 0 Å². The summed E-state index contributed by atoms with van der Waals surface area (Å²) in [7, 11) is 0. The van der Waals surface area contributed by atoms with Crippen molar-refractivity contribution >= 4 is 16.8 Å². The summed E-state index contributed by atoms with van der Waals surface area (Å²) in [6.07, 6.45) is 0. The highest BCUT2D eigenvalue weighted by molar-refractivity contribution is 8.14. The Morgan fingerprint density at radius 1 is 1.56 bits per heavy atom. The molecule has 0 aromatic heterocycles. The lowest BCUT2D eigenvalue weighted by Gasteiger charge is -2.01. The van der Waals surface area contributed by atoms with Gasteiger partial charge in [0.15, 0.2) is 0 Å². The summed E-state index contributed by atoms with van der Waals surface area (Å²) in [6.45, 7) is 9.39. The predicted octanol–water partition coefficient (Wildman–Crippen LogP) is 2.57. The zero-order valence-electron chi connectivity index (χ0n) is 6.64. The van der Waals surface area contributed by atoms with Gasteiger partial charge in [-0.1, -0.05) is 13.8 Å². The van der Waals surface area contributed by atoms with Gasteiger partial charge in [0.25, 0.3) is 0 Å². The van der Waals surface area contributed by atoms with E-state index in [0.717, 1.165) is 6.54 Å². The van der Waals surface area contributed by atoms with Gasteiger partial charge in [-0.05, 0) is 13.8 Å². The quantitative estimate of drug-likeness (QED) is 0.429. The van der Waals surface area contributed by atoms with Gasteiger partial charge in [-0.3, -0.25) is 4.99 Å². The van der Waals surface area contributed by atoms with Crippen LogP contribution in [0.15, 0.2) is 4.99 Å². The van der Waals surface area contributed by atoms with Crippen LogP contribution in [0.1, 0.15) is 27.7 Å². The Morgan fingerprint density at radius 3 is 2.44 bits per heavy atom. The van der Waals surface area contributed by atoms with Crippen molar-refractivity contribution in [1.29, 1.82) is 0 Å². The van der Waals surface area contributed by atoms with Crippen LogP contribution in [0.5, 0.6) is 0 Å². The molecule has 0 aromatic rings. The first-order valence-electron chi connectivity index (χ1n) is 3.34. The zero-order valence-corrected chi connectivity index (χ0v) is 7.46. The van der Waals surface area contributed by atoms with Gasteiger partial charge in [0.2, 0.25) is 0 Å². The van der Waals surface area contributed by atoms with E-state index in [1.54, 1.807) is 0 Å². The van der Waals surface area contributed by atoms with Gasteiger partial charge in [-0.2, -0.15) is 0 Å². The Kier molecular flexibility index (Phi) is 4.87. The molecule has 1 nitrogen and oxygen atoms in total. The summed E-state index contributed by atoms with van der Waals surface area (Å²) < 4.78 is 0. The van der Waals surface area contributed by atoms with E-state index in [9.17, 15) is 0 Å². The number of aliphatic imine (C=N–C) groups is 1. The van der Waals surface area contributed by atoms with Crippen molar-refractivity contribution in [3.05, 3.63) is 0 Å². The van der Waals surface area contributed by atoms with Crippen LogP contribution in [-0.4, -0.2) is 16.8 Å². The molecule has 0 aliphatic heterocycles. The normalized spacial score (nSPS) is 12.8. The topological polar surface area (TPSA) is 12.4 Å². The molecule has 0 atom stereocenters. The van der Waals surface area contributed by atoms with Crippen LogP contribution in [0, 0.1) is 0 Å². The maximum Gasteiger partial charge on any atom is 0.0647 e. The van der Waals surface area contributed by atoms with Gasteiger partial charge >= 0.3 is 0 Å². The van der Waals surface area contributed by atoms with Gasteiger partial charge in [-0.25, -0.2) is 0 Å². The number of thioether (sulfide) groups is 1. The molecule has 0 saturated heterocycles. The van der Waals surface area contributed by atoms with Crippen molar-refractivity contribution in [3.63, 3.8) is 0 Å². The third kappa shape index (κ3) is 5.90. The van der Waals surface area contributed by atoms with Crippen LogP contribution in [-0.2, 0) is 0 Å². The largest absolute Gasteiger partial charge is 0.284 e. The maximum atomic E-state index is 4.24. The second-order valence-corrected chi connectivity index (χ2v) is 3.93. The minimum atomic E-state index is 0.667. The molecule has 2 heteroatoms. The molecule has 0 rings (SSSR count). The minimum Gasteiger partial charge on any atom is -0.284 e. The van der Waals surface area contributed by atoms with Crippen LogP contribution in [0.4, 0.5) is 0 Å². The molecular weight excluding hydrogens is 130 g/mol. The summed E-state index contributed by atoms with van der Waals surface area (Å²) in [5, 5.41) is 1.87. The summed E-state index contributed by atoms with van der Waals surface area (Å²) in [5.74, 6) is 0. The SMILES string of the molecule is CC/N=C(/C)SC(C)C. The standard InChI is InChI=1S/C7H15NS/c1-5-8-7(4)9-6(2)3/h6H,5H2,1-4H3/b8-7-. The third-order valence-corrected chi connectivity index (χ3v) is 1.73. The number of nitrogens with zero attached hydrogens (tertiary/aromatic N) is 1. The lowest BCUT2D eigenvalue weighted by molar-refractivity contribution is 1.11. The second kappa shape index (κ2) is 4.86. The molecule has 0 heterocycles. The number of rotatable bonds is 2. The Hall–Kier alpha value is 0.0200. The van der Waals surface area contributed by atoms with Crippen molar-refractivity contribution in [1.82, 2.24) is 0 Å². The molecule has 54 valence electrons. The smallest absolute Gasteiger partial charge is 0.0647 e. The second-order valence-electron chi connectivity index (χ2n) is 2.16. The fourth-order valence-corrected chi connectivity index (χ4v) is 1.49. The minimum absolute atomic E-state index is 0.667. The molecule has 0 amide bonds. The highest BCUT2D eigenvalue weighted by Crippen LogP contribution is 2.10. The summed E-state index contributed by atoms with van der Waals surface area (Å²) in [5.41, 5.74) is 0. The Bertz CT molecular complexity index is 97.1. The summed E-state index contributed by atoms with van der Waals surface area (Å²) in [4.78, 5) is 4.24. The Balaban J connectivity index is 3.49. The van der Waals surface area contributed by atoms with Crippen LogP contribution in [0.2, 0.25) is 0 Å². The van der Waals surface area contributed by atoms with E-state index < -0.39 is 0 Å². The average molecular weight is 145 g/mol. The molecule has 0 aromatic carbocycles. The van der Waals surface area contributed by atoms with Crippen molar-refractivity contribution in [2.45, 2.75) is 32.9 Å². The van der Waals surface area contributed by atoms with Gasteiger partial charge in [-0.15, -0.1) is 11.8 Å². The maximum absolute atomic E-state index is 4.24. The average Bonchev–Trinajstić information content (AvgIpc) is 1.63. The predicted molar refractivity (Wildman–Crippen MR) is 46.4 cm³/mol. The summed E-state index contributed by atoms with van der Waals surface area (Å²) >= 11 is 1.83. The van der Waals surface area contributed by atoms with Gasteiger partial charge in [0, 0.05) is 11.8 Å². The monoisotopic (exact) mass is 145 g/mol. The molecule has 0 aliphatic carbocycles. The number of hydrogen-bond acceptors (Lipinski definition) is 2. The fourth-order valence-electron chi connectivity index (χ4n) is 0.601. The van der Waals surface area contributed by atoms with E-state index in [0.29, 0.717) is 5.25 Å². The zero-order chi connectivity index (χ0) is 7.28. The van der Waals surface area contributed by atoms with Crippen molar-refractivity contribution in [3.8, 4) is 0 Å². The van der Waals surface area contributed by atoms with E-state index in [-0.39, 0.29) is 0 Å². The molecule has 0 aliphatic rings. The highest BCUT2D eigenvalue weighted by Gasteiger charge is 1.94. The first kappa shape index (κ1) is 9.02. The van der Waals surface area contributed by atoms with E-state index in [1.165, 1.54) is 5.04 Å². The molecule has 0 N–H and O–H groups in total. The lowest BCUT2D eigenvalue weighted by atomic mass is 10.6. The molecular formula is C7H15NS. The number of hydrogen-bond donors (Lipinski definition) is 0. The van der Waals surface area contributed by atoms with E-state index in [1.807, 2.05) is 11.8 Å². The van der Waals surface area contributed by atoms with Crippen molar-refractivity contribution in [2.75, 3.05) is 6.54 Å². The lowest BCUT2D eigenvalue weighted by Crippen LogP contribution is -1.93. The summed E-state index contributed by atoms with van der Waals surface area (Å²) in [6, 6.07) is 0. The molecule has 0 bridgehead atoms. The van der Waals surface area contributed by atoms with E-state index in [4.69, 9.17) is 0 Å². The van der Waals surface area contributed by atoms with Crippen LogP contribution >= 0.6 is 11.8 Å². The first-order valence-corrected chi connectivity index (χ1v) is 4.22. The Morgan fingerprint density at radius 2 is 2.11 bits per heavy atom. The fraction of sp³-hybridized carbons (Fsp3) is 0.857. The molecule has 0 spiro atoms. The van der Waals surface area contributed by atoms with Crippen LogP contribution in [0.25, 0.3) is 0 Å². The highest BCUT2D eigenvalue weighted by atomic mass is 32.2. The van der Waals surface area contributed by atoms with E-state index >= 15 is 0 Å². The molecule has 0 saturated carbocycles. The van der Waals surface area contributed by atoms with Crippen molar-refractivity contribution in [2.24, 2.45) is 4.99 Å². The first-order chi connectivity index (χ1) is 4.16. The Labute approximate surface area is 61.9 Å². The van der Waals surface area contributed by atoms with Gasteiger partial charge < -0.3 is 0 Å².